The number of halogens is 1. The Kier molecular flexibility index (Phi) is 8.04. The van der Waals surface area contributed by atoms with Gasteiger partial charge in [0.15, 0.2) is 0 Å². The maximum atomic E-state index is 4.05. The van der Waals surface area contributed by atoms with Gasteiger partial charge in [0.1, 0.15) is 0 Å². The molecule has 0 unspecified atom stereocenters. The normalized spacial score (nSPS) is 12.6. The molecule has 0 radical (unpaired) electrons. The second kappa shape index (κ2) is 12.4. The predicted octanol–water partition coefficient (Wildman–Crippen LogP) is 12.9. The third-order valence-electron chi connectivity index (χ3n) is 8.48. The highest BCUT2D eigenvalue weighted by molar-refractivity contribution is 14.2. The molecule has 0 N–H and O–H groups in total. The molecule has 1 heterocycles. The Balaban J connectivity index is 1.59. The molecule has 1 aliphatic heterocycles. The second-order valence-corrected chi connectivity index (χ2v) is 14.0. The Morgan fingerprint density at radius 1 is 0.667 bits per heavy atom. The minimum Gasteiger partial charge on any atom is -0.0990 e. The molecule has 0 aromatic heterocycles. The van der Waals surface area contributed by atoms with Crippen molar-refractivity contribution in [1.82, 2.24) is 0 Å². The zero-order valence-corrected chi connectivity index (χ0v) is 28.1. The molecular weight excluding hydrogens is 655 g/mol. The fraction of sp³-hybridized carbons (Fsp3) is 0.0682. The molecule has 7 rings (SSSR count). The van der Waals surface area contributed by atoms with E-state index < -0.39 is 0 Å². The van der Waals surface area contributed by atoms with Crippen molar-refractivity contribution in [3.8, 4) is 33.4 Å². The van der Waals surface area contributed by atoms with Gasteiger partial charge in [-0.2, -0.15) is 0 Å². The van der Waals surface area contributed by atoms with Crippen LogP contribution >= 0.6 is 20.7 Å². The molecule has 0 atom stereocenters. The summed E-state index contributed by atoms with van der Waals surface area (Å²) in [6, 6.07) is 40.4. The summed E-state index contributed by atoms with van der Waals surface area (Å²) in [4.78, 5) is 0. The number of fused-ring (bicyclic) bond motifs is 3. The lowest BCUT2D eigenvalue weighted by molar-refractivity contribution is 1.39. The summed E-state index contributed by atoms with van der Waals surface area (Å²) in [6.45, 7) is 10.5. The molecule has 0 saturated carbocycles. The molecule has 6 aromatic carbocycles. The molecule has 0 saturated heterocycles. The van der Waals surface area contributed by atoms with Gasteiger partial charge < -0.3 is 0 Å². The molecule has 0 nitrogen and oxygen atoms in total. The summed E-state index contributed by atoms with van der Waals surface area (Å²) in [5.41, 5.74) is 15.2. The Morgan fingerprint density at radius 2 is 1.38 bits per heavy atom. The van der Waals surface area contributed by atoms with E-state index in [1.165, 1.54) is 88.3 Å². The maximum absolute atomic E-state index is 4.05. The van der Waals surface area contributed by atoms with Crippen molar-refractivity contribution >= 4 is 57.9 Å². The van der Waals surface area contributed by atoms with E-state index in [1.807, 2.05) is 6.08 Å². The van der Waals surface area contributed by atoms with E-state index in [-0.39, 0.29) is 20.7 Å². The van der Waals surface area contributed by atoms with Crippen LogP contribution in [0.25, 0.3) is 66.6 Å². The topological polar surface area (TPSA) is 0 Å². The van der Waals surface area contributed by atoms with Crippen LogP contribution in [0.4, 0.5) is 0 Å². The van der Waals surface area contributed by atoms with Crippen molar-refractivity contribution in [2.24, 2.45) is 0 Å². The molecule has 218 valence electrons. The Morgan fingerprint density at radius 3 is 2.16 bits per heavy atom. The summed E-state index contributed by atoms with van der Waals surface area (Å²) in [5, 5.41) is 5.15. The fourth-order valence-electron chi connectivity index (χ4n) is 6.60. The van der Waals surface area contributed by atoms with Gasteiger partial charge in [0, 0.05) is 0 Å². The standard InChI is InChI=1S/C44H35I/c1-5-12-32(23-29(2)3)34-25-35(33-16-10-13-30(4)24-33)27-36(26-34)43-39-18-8-9-19-40(39)44(42-28-45-22-21-41(42)43)38-20-11-15-31-14-6-7-17-37(31)38/h5-28H,1H2,2-4H3/b32-12+. The van der Waals surface area contributed by atoms with E-state index in [0.29, 0.717) is 0 Å². The van der Waals surface area contributed by atoms with Crippen LogP contribution in [0.3, 0.4) is 0 Å². The first-order valence-corrected chi connectivity index (χ1v) is 17.9. The number of hydrogen-bond donors (Lipinski definition) is 0. The van der Waals surface area contributed by atoms with Gasteiger partial charge in [0.25, 0.3) is 0 Å². The van der Waals surface area contributed by atoms with Crippen LogP contribution in [0.1, 0.15) is 36.1 Å². The summed E-state index contributed by atoms with van der Waals surface area (Å²) in [7, 11) is 0. The van der Waals surface area contributed by atoms with Gasteiger partial charge in [-0.25, -0.2) is 0 Å². The van der Waals surface area contributed by atoms with Gasteiger partial charge in [-0.3, -0.25) is 0 Å². The van der Waals surface area contributed by atoms with E-state index in [0.717, 1.165) is 0 Å². The van der Waals surface area contributed by atoms with Gasteiger partial charge >= 0.3 is 0 Å². The third-order valence-corrected chi connectivity index (χ3v) is 10.2. The predicted molar refractivity (Wildman–Crippen MR) is 208 cm³/mol. The van der Waals surface area contributed by atoms with Gasteiger partial charge in [0.05, 0.1) is 0 Å². The third kappa shape index (κ3) is 5.58. The molecule has 0 spiro atoms. The van der Waals surface area contributed by atoms with Crippen molar-refractivity contribution in [2.45, 2.75) is 20.8 Å². The van der Waals surface area contributed by atoms with E-state index in [1.54, 1.807) is 0 Å². The number of benzene rings is 6. The number of hydrogen-bond acceptors (Lipinski definition) is 0. The minimum atomic E-state index is -0.179. The number of rotatable bonds is 6. The van der Waals surface area contributed by atoms with Crippen molar-refractivity contribution in [3.05, 3.63) is 166 Å². The number of aryl methyl sites for hydroxylation is 1. The second-order valence-electron chi connectivity index (χ2n) is 11.9. The summed E-state index contributed by atoms with van der Waals surface area (Å²) >= 11 is -0.179. The molecule has 1 aliphatic rings. The van der Waals surface area contributed by atoms with Gasteiger partial charge in [-0.15, -0.1) is 0 Å². The highest BCUT2D eigenvalue weighted by Gasteiger charge is 2.22. The first kappa shape index (κ1) is 29.1. The van der Waals surface area contributed by atoms with Crippen LogP contribution in [-0.2, 0) is 0 Å². The lowest BCUT2D eigenvalue weighted by atomic mass is 9.82. The average Bonchev–Trinajstić information content (AvgIpc) is 3.06. The van der Waals surface area contributed by atoms with Crippen molar-refractivity contribution < 1.29 is 0 Å². The van der Waals surface area contributed by atoms with Crippen molar-refractivity contribution in [3.63, 3.8) is 0 Å². The lowest BCUT2D eigenvalue weighted by Crippen LogP contribution is -2.01. The monoisotopic (exact) mass is 690 g/mol. The fourth-order valence-corrected chi connectivity index (χ4v) is 8.39. The summed E-state index contributed by atoms with van der Waals surface area (Å²) in [6.07, 6.45) is 8.68. The smallest absolute Gasteiger partial charge is 0.00157 e. The van der Waals surface area contributed by atoms with Gasteiger partial charge in [-0.1, -0.05) is 148 Å². The molecule has 6 aromatic rings. The SMILES string of the molecule is C=C/C=C(\C=C(C)C)c1cc(-c2cccc(C)c2)cc(-c2c3c(c(-c4cccc5ccccc45)c4ccccc24)C=IC=C3)c1. The maximum Gasteiger partial charge on any atom is -0.00157 e. The van der Waals surface area contributed by atoms with E-state index >= 15 is 0 Å². The Bertz CT molecular complexity index is 2240. The van der Waals surface area contributed by atoms with E-state index in [4.69, 9.17) is 0 Å². The van der Waals surface area contributed by atoms with Crippen LogP contribution in [0, 0.1) is 6.92 Å². The van der Waals surface area contributed by atoms with Crippen LogP contribution in [0.5, 0.6) is 0 Å². The molecule has 0 amide bonds. The molecule has 1 heteroatoms. The highest BCUT2D eigenvalue weighted by atomic mass is 127. The molecule has 0 bridgehead atoms. The van der Waals surface area contributed by atoms with Gasteiger partial charge in [0.2, 0.25) is 0 Å². The van der Waals surface area contributed by atoms with E-state index in [2.05, 4.69) is 163 Å². The van der Waals surface area contributed by atoms with Crippen LogP contribution in [0.2, 0.25) is 0 Å². The molecular formula is C44H35I. The molecule has 45 heavy (non-hydrogen) atoms. The molecule has 0 fully saturated rings. The largest absolute Gasteiger partial charge is 0.0990 e. The summed E-state index contributed by atoms with van der Waals surface area (Å²) < 4.78 is 4.93. The Hall–Kier alpha value is -4.60. The minimum absolute atomic E-state index is 0.179. The van der Waals surface area contributed by atoms with Crippen molar-refractivity contribution in [2.75, 3.05) is 0 Å². The highest BCUT2D eigenvalue weighted by Crippen LogP contribution is 2.46. The lowest BCUT2D eigenvalue weighted by Gasteiger charge is -2.23. The van der Waals surface area contributed by atoms with Crippen LogP contribution in [0.15, 0.2) is 144 Å². The number of allylic oxidation sites excluding steroid dienone is 5. The van der Waals surface area contributed by atoms with Crippen LogP contribution < -0.4 is 0 Å². The average molecular weight is 691 g/mol. The van der Waals surface area contributed by atoms with E-state index in [9.17, 15) is 0 Å². The zero-order chi connectivity index (χ0) is 30.9. The van der Waals surface area contributed by atoms with Crippen LogP contribution in [-0.4, -0.2) is 4.01 Å². The first-order valence-electron chi connectivity index (χ1n) is 15.4. The summed E-state index contributed by atoms with van der Waals surface area (Å²) in [5.74, 6) is 0. The van der Waals surface area contributed by atoms with Crippen molar-refractivity contribution in [1.29, 1.82) is 0 Å². The quantitative estimate of drug-likeness (QED) is 0.121. The Labute approximate surface area is 276 Å². The van der Waals surface area contributed by atoms with Gasteiger partial charge in [-0.05, 0) is 130 Å². The zero-order valence-electron chi connectivity index (χ0n) is 25.9. The molecule has 0 aliphatic carbocycles. The first-order chi connectivity index (χ1) is 22.0.